The number of aromatic nitrogens is 2. The van der Waals surface area contributed by atoms with Crippen molar-refractivity contribution in [2.75, 3.05) is 19.6 Å². The summed E-state index contributed by atoms with van der Waals surface area (Å²) in [7, 11) is 0. The zero-order chi connectivity index (χ0) is 22.0. The largest absolute Gasteiger partial charge is 0.356 e. The lowest BCUT2D eigenvalue weighted by atomic mass is 9.97. The molecule has 1 aromatic carbocycles. The first-order chi connectivity index (χ1) is 15.0. The molecule has 1 saturated heterocycles. The van der Waals surface area contributed by atoms with Crippen LogP contribution in [0.1, 0.15) is 47.1 Å². The van der Waals surface area contributed by atoms with E-state index >= 15 is 0 Å². The summed E-state index contributed by atoms with van der Waals surface area (Å²) in [6, 6.07) is 9.67. The van der Waals surface area contributed by atoms with Crippen LogP contribution in [0.2, 0.25) is 5.02 Å². The van der Waals surface area contributed by atoms with Crippen LogP contribution in [0.15, 0.2) is 30.3 Å². The van der Waals surface area contributed by atoms with Gasteiger partial charge in [-0.25, -0.2) is 0 Å². The Morgan fingerprint density at radius 2 is 2.06 bits per heavy atom. The smallest absolute Gasteiger partial charge is 0.264 e. The minimum absolute atomic E-state index is 0.00614. The van der Waals surface area contributed by atoms with E-state index in [4.69, 9.17) is 11.6 Å². The number of halogens is 1. The number of hydrogen-bond donors (Lipinski definition) is 1. The van der Waals surface area contributed by atoms with E-state index in [2.05, 4.69) is 10.4 Å². The van der Waals surface area contributed by atoms with Crippen LogP contribution < -0.4 is 5.32 Å². The molecular formula is C23H27ClN4O2S. The highest BCUT2D eigenvalue weighted by Gasteiger charge is 2.30. The summed E-state index contributed by atoms with van der Waals surface area (Å²) in [5, 5.41) is 9.34. The van der Waals surface area contributed by atoms with Gasteiger partial charge in [0.25, 0.3) is 5.91 Å². The van der Waals surface area contributed by atoms with Crippen LogP contribution in [0.3, 0.4) is 0 Å². The highest BCUT2D eigenvalue weighted by Crippen LogP contribution is 2.31. The van der Waals surface area contributed by atoms with Crippen LogP contribution in [0.4, 0.5) is 0 Å². The average Bonchev–Trinajstić information content (AvgIpc) is 3.34. The number of aryl methyl sites for hydroxylation is 1. The van der Waals surface area contributed by atoms with Gasteiger partial charge in [0.15, 0.2) is 0 Å². The van der Waals surface area contributed by atoms with Crippen molar-refractivity contribution in [3.63, 3.8) is 0 Å². The number of benzene rings is 1. The predicted octanol–water partition coefficient (Wildman–Crippen LogP) is 4.49. The molecule has 2 aromatic heterocycles. The first kappa shape index (κ1) is 21.8. The van der Waals surface area contributed by atoms with Gasteiger partial charge in [0.1, 0.15) is 4.83 Å². The Morgan fingerprint density at radius 3 is 2.81 bits per heavy atom. The number of hydrogen-bond acceptors (Lipinski definition) is 4. The van der Waals surface area contributed by atoms with E-state index < -0.39 is 0 Å². The first-order valence-corrected chi connectivity index (χ1v) is 11.9. The van der Waals surface area contributed by atoms with Gasteiger partial charge < -0.3 is 10.2 Å². The number of carbonyl (C=O) groups is 2. The topological polar surface area (TPSA) is 67.2 Å². The van der Waals surface area contributed by atoms with Gasteiger partial charge in [-0.1, -0.05) is 30.7 Å². The Bertz CT molecular complexity index is 1090. The lowest BCUT2D eigenvalue weighted by molar-refractivity contribution is -0.126. The molecule has 4 rings (SSSR count). The van der Waals surface area contributed by atoms with Gasteiger partial charge in [-0.05, 0) is 49.9 Å². The molecule has 1 fully saturated rings. The summed E-state index contributed by atoms with van der Waals surface area (Å²) in [6.45, 7) is 6.49. The normalized spacial score (nSPS) is 16.6. The molecule has 1 unspecified atom stereocenters. The van der Waals surface area contributed by atoms with Crippen molar-refractivity contribution in [3.05, 3.63) is 51.5 Å². The van der Waals surface area contributed by atoms with Crippen LogP contribution in [0.5, 0.6) is 0 Å². The Balaban J connectivity index is 1.52. The quantitative estimate of drug-likeness (QED) is 0.591. The van der Waals surface area contributed by atoms with Gasteiger partial charge in [0.2, 0.25) is 5.91 Å². The van der Waals surface area contributed by atoms with E-state index in [1.165, 1.54) is 11.3 Å². The Kier molecular flexibility index (Phi) is 6.62. The monoisotopic (exact) mass is 458 g/mol. The van der Waals surface area contributed by atoms with Crippen molar-refractivity contribution in [3.8, 4) is 0 Å². The second-order valence-electron chi connectivity index (χ2n) is 8.08. The molecule has 0 bridgehead atoms. The number of nitrogens with zero attached hydrogens (tertiary/aromatic N) is 3. The summed E-state index contributed by atoms with van der Waals surface area (Å²) < 4.78 is 1.95. The highest BCUT2D eigenvalue weighted by molar-refractivity contribution is 7.20. The van der Waals surface area contributed by atoms with Gasteiger partial charge in [-0.15, -0.1) is 11.3 Å². The Morgan fingerprint density at radius 1 is 1.29 bits per heavy atom. The number of piperidine rings is 1. The minimum Gasteiger partial charge on any atom is -0.356 e. The zero-order valence-electron chi connectivity index (χ0n) is 17.9. The van der Waals surface area contributed by atoms with E-state index in [0.29, 0.717) is 36.1 Å². The standard InChI is InChI=1S/C23H27ClN4O2S/c1-3-10-25-21(29)17-5-4-11-27(14-17)22(30)20-12-19-15(2)26-28(23(19)31-20)13-16-6-8-18(24)9-7-16/h6-9,12,17H,3-5,10-11,13-14H2,1-2H3,(H,25,29). The molecule has 1 aliphatic rings. The first-order valence-electron chi connectivity index (χ1n) is 10.7. The molecule has 3 heterocycles. The summed E-state index contributed by atoms with van der Waals surface area (Å²) in [4.78, 5) is 29.1. The molecule has 1 aliphatic heterocycles. The number of nitrogens with one attached hydrogen (secondary N) is 1. The van der Waals surface area contributed by atoms with Crippen molar-refractivity contribution in [1.29, 1.82) is 0 Å². The third-order valence-electron chi connectivity index (χ3n) is 5.69. The van der Waals surface area contributed by atoms with Crippen LogP contribution in [0, 0.1) is 12.8 Å². The van der Waals surface area contributed by atoms with E-state index in [1.807, 2.05) is 53.8 Å². The van der Waals surface area contributed by atoms with Gasteiger partial charge in [0, 0.05) is 30.0 Å². The third kappa shape index (κ3) is 4.77. The predicted molar refractivity (Wildman–Crippen MR) is 125 cm³/mol. The van der Waals surface area contributed by atoms with Gasteiger partial charge in [-0.3, -0.25) is 14.3 Å². The summed E-state index contributed by atoms with van der Waals surface area (Å²) in [6.07, 6.45) is 2.60. The maximum Gasteiger partial charge on any atom is 0.264 e. The summed E-state index contributed by atoms with van der Waals surface area (Å²) >= 11 is 7.47. The van der Waals surface area contributed by atoms with Crippen LogP contribution >= 0.6 is 22.9 Å². The van der Waals surface area contributed by atoms with Crippen molar-refractivity contribution < 1.29 is 9.59 Å². The molecule has 31 heavy (non-hydrogen) atoms. The third-order valence-corrected chi connectivity index (χ3v) is 7.08. The fourth-order valence-corrected chi connectivity index (χ4v) is 5.27. The molecule has 0 saturated carbocycles. The highest BCUT2D eigenvalue weighted by atomic mass is 35.5. The van der Waals surface area contributed by atoms with E-state index in [0.717, 1.165) is 40.7 Å². The number of likely N-dealkylation sites (tertiary alicyclic amines) is 1. The van der Waals surface area contributed by atoms with Crippen molar-refractivity contribution in [2.24, 2.45) is 5.92 Å². The molecule has 2 amide bonds. The number of amides is 2. The SMILES string of the molecule is CCCNC(=O)C1CCCN(C(=O)c2cc3c(C)nn(Cc4ccc(Cl)cc4)c3s2)C1. The van der Waals surface area contributed by atoms with Gasteiger partial charge in [-0.2, -0.15) is 5.10 Å². The maximum atomic E-state index is 13.2. The van der Waals surface area contributed by atoms with Crippen LogP contribution in [-0.2, 0) is 11.3 Å². The average molecular weight is 459 g/mol. The second kappa shape index (κ2) is 9.40. The van der Waals surface area contributed by atoms with Crippen molar-refractivity contribution in [1.82, 2.24) is 20.0 Å². The second-order valence-corrected chi connectivity index (χ2v) is 9.55. The molecular weight excluding hydrogens is 432 g/mol. The molecule has 1 atom stereocenters. The summed E-state index contributed by atoms with van der Waals surface area (Å²) in [5.74, 6) is -0.0578. The molecule has 6 nitrogen and oxygen atoms in total. The molecule has 0 aliphatic carbocycles. The molecule has 164 valence electrons. The van der Waals surface area contributed by atoms with E-state index in [-0.39, 0.29) is 17.7 Å². The molecule has 1 N–H and O–H groups in total. The van der Waals surface area contributed by atoms with Crippen LogP contribution in [0.25, 0.3) is 10.2 Å². The van der Waals surface area contributed by atoms with E-state index in [9.17, 15) is 9.59 Å². The fourth-order valence-electron chi connectivity index (χ4n) is 4.01. The minimum atomic E-state index is -0.124. The molecule has 3 aromatic rings. The van der Waals surface area contributed by atoms with Crippen LogP contribution in [-0.4, -0.2) is 46.1 Å². The fraction of sp³-hybridized carbons (Fsp3) is 0.435. The van der Waals surface area contributed by atoms with Crippen molar-refractivity contribution in [2.45, 2.75) is 39.7 Å². The number of rotatable bonds is 6. The zero-order valence-corrected chi connectivity index (χ0v) is 19.4. The number of thiophene rings is 1. The lowest BCUT2D eigenvalue weighted by Gasteiger charge is -2.31. The molecule has 0 radical (unpaired) electrons. The van der Waals surface area contributed by atoms with E-state index in [1.54, 1.807) is 0 Å². The lowest BCUT2D eigenvalue weighted by Crippen LogP contribution is -2.45. The van der Waals surface area contributed by atoms with Gasteiger partial charge >= 0.3 is 0 Å². The summed E-state index contributed by atoms with van der Waals surface area (Å²) in [5.41, 5.74) is 2.02. The Hall–Kier alpha value is -2.38. The maximum absolute atomic E-state index is 13.2. The van der Waals surface area contributed by atoms with Crippen molar-refractivity contribution >= 4 is 45.0 Å². The molecule has 0 spiro atoms. The number of carbonyl (C=O) groups excluding carboxylic acids is 2. The molecule has 8 heteroatoms. The number of fused-ring (bicyclic) bond motifs is 1. The van der Waals surface area contributed by atoms with Gasteiger partial charge in [0.05, 0.1) is 23.0 Å². The Labute approximate surface area is 191 Å².